The Labute approximate surface area is 143 Å². The van der Waals surface area contributed by atoms with Gasteiger partial charge in [0.15, 0.2) is 0 Å². The fourth-order valence-corrected chi connectivity index (χ4v) is 6.77. The van der Waals surface area contributed by atoms with Gasteiger partial charge < -0.3 is 14.3 Å². The number of aryl methyl sites for hydroxylation is 1. The fourth-order valence-electron chi connectivity index (χ4n) is 3.10. The van der Waals surface area contributed by atoms with Crippen LogP contribution < -0.4 is 0 Å². The van der Waals surface area contributed by atoms with Gasteiger partial charge in [-0.3, -0.25) is 0 Å². The van der Waals surface area contributed by atoms with Crippen LogP contribution >= 0.6 is 0 Å². The van der Waals surface area contributed by atoms with Crippen LogP contribution in [0.2, 0.25) is 10.1 Å². The fraction of sp³-hybridized carbons (Fsp3) is 0.684. The van der Waals surface area contributed by atoms with Crippen LogP contribution in [-0.4, -0.2) is 31.2 Å². The maximum Gasteiger partial charge on any atom is 0.346 e. The van der Waals surface area contributed by atoms with Gasteiger partial charge in [0.25, 0.3) is 0 Å². The van der Waals surface area contributed by atoms with Gasteiger partial charge in [0.2, 0.25) is 0 Å². The molecule has 23 heavy (non-hydrogen) atoms. The molecule has 0 amide bonds. The molecule has 0 aliphatic heterocycles. The second kappa shape index (κ2) is 7.93. The summed E-state index contributed by atoms with van der Waals surface area (Å²) in [5.41, 5.74) is 1.26. The van der Waals surface area contributed by atoms with E-state index in [0.29, 0.717) is 6.42 Å². The molecule has 0 saturated carbocycles. The van der Waals surface area contributed by atoms with Crippen LogP contribution in [0.4, 0.5) is 0 Å². The number of rotatable bonds is 7. The zero-order chi connectivity index (χ0) is 17.7. The average molecular weight is 339 g/mol. The smallest absolute Gasteiger partial charge is 0.346 e. The first-order valence-electron chi connectivity index (χ1n) is 8.56. The summed E-state index contributed by atoms with van der Waals surface area (Å²) in [7, 11) is -3.00. The largest absolute Gasteiger partial charge is 0.410 e. The lowest BCUT2D eigenvalue weighted by atomic mass is 10.1. The van der Waals surface area contributed by atoms with Gasteiger partial charge in [-0.1, -0.05) is 71.9 Å². The van der Waals surface area contributed by atoms with Crippen molar-refractivity contribution in [3.63, 3.8) is 0 Å². The first-order chi connectivity index (χ1) is 10.5. The van der Waals surface area contributed by atoms with Gasteiger partial charge in [-0.05, 0) is 24.8 Å². The predicted octanol–water partition coefficient (Wildman–Crippen LogP) is 4.42. The second-order valence-electron chi connectivity index (χ2n) is 8.42. The Morgan fingerprint density at radius 1 is 0.957 bits per heavy atom. The van der Waals surface area contributed by atoms with Crippen molar-refractivity contribution >= 4 is 8.56 Å². The van der Waals surface area contributed by atoms with E-state index >= 15 is 0 Å². The highest BCUT2D eigenvalue weighted by atomic mass is 28.4. The van der Waals surface area contributed by atoms with Crippen LogP contribution in [0.5, 0.6) is 0 Å². The summed E-state index contributed by atoms with van der Waals surface area (Å²) in [6.07, 6.45) is 2.15. The Morgan fingerprint density at radius 2 is 1.48 bits per heavy atom. The van der Waals surface area contributed by atoms with E-state index in [1.54, 1.807) is 0 Å². The van der Waals surface area contributed by atoms with Crippen molar-refractivity contribution in [3.8, 4) is 0 Å². The van der Waals surface area contributed by atoms with Crippen molar-refractivity contribution in [2.75, 3.05) is 6.61 Å². The second-order valence-corrected chi connectivity index (χ2v) is 12.9. The molecular formula is C19H34O3Si. The molecule has 0 fully saturated rings. The monoisotopic (exact) mass is 338 g/mol. The Hall–Kier alpha value is -0.683. The Kier molecular flexibility index (Phi) is 7.02. The minimum absolute atomic E-state index is 0.0816. The molecule has 2 N–H and O–H groups in total. The van der Waals surface area contributed by atoms with E-state index in [1.165, 1.54) is 5.56 Å². The van der Waals surface area contributed by atoms with E-state index in [4.69, 9.17) is 4.43 Å². The molecule has 0 aliphatic carbocycles. The van der Waals surface area contributed by atoms with Gasteiger partial charge >= 0.3 is 8.56 Å². The average Bonchev–Trinajstić information content (AvgIpc) is 2.43. The van der Waals surface area contributed by atoms with Crippen molar-refractivity contribution < 1.29 is 14.3 Å². The topological polar surface area (TPSA) is 49.7 Å². The summed E-state index contributed by atoms with van der Waals surface area (Å²) in [6, 6.07) is 10.3. The third-order valence-corrected chi connectivity index (χ3v) is 9.16. The van der Waals surface area contributed by atoms with Crippen molar-refractivity contribution in [2.45, 2.75) is 77.0 Å². The molecule has 1 aromatic carbocycles. The summed E-state index contributed by atoms with van der Waals surface area (Å²) in [5.74, 6) is 0. The van der Waals surface area contributed by atoms with Gasteiger partial charge in [-0.2, -0.15) is 0 Å². The van der Waals surface area contributed by atoms with E-state index in [9.17, 15) is 9.90 Å². The standard InChI is InChI=1S/C19H34O3Si/c1-18(2,3)23(21,19(4,5)6)22-17(14-15-20)13-12-16-10-8-7-9-11-16/h7-11,17,20-21H,12-15H2,1-6H3. The van der Waals surface area contributed by atoms with Crippen molar-refractivity contribution in [3.05, 3.63) is 35.9 Å². The third kappa shape index (κ3) is 5.42. The molecule has 0 radical (unpaired) electrons. The summed E-state index contributed by atoms with van der Waals surface area (Å²) in [4.78, 5) is 11.4. The highest BCUT2D eigenvalue weighted by Gasteiger charge is 2.56. The van der Waals surface area contributed by atoms with Crippen LogP contribution in [0.25, 0.3) is 0 Å². The minimum atomic E-state index is -3.00. The molecular weight excluding hydrogens is 304 g/mol. The van der Waals surface area contributed by atoms with Crippen LogP contribution in [0.15, 0.2) is 30.3 Å². The highest BCUT2D eigenvalue weighted by Crippen LogP contribution is 2.50. The molecule has 0 aliphatic rings. The Morgan fingerprint density at radius 3 is 1.91 bits per heavy atom. The SMILES string of the molecule is CC(C)(C)[Si](O)(OC(CCO)CCc1ccccc1)C(C)(C)C. The molecule has 0 bridgehead atoms. The summed E-state index contributed by atoms with van der Waals surface area (Å²) in [5, 5.41) is 8.82. The van der Waals surface area contributed by atoms with Crippen LogP contribution in [-0.2, 0) is 10.8 Å². The maximum absolute atomic E-state index is 11.4. The van der Waals surface area contributed by atoms with Crippen molar-refractivity contribution in [2.24, 2.45) is 0 Å². The van der Waals surface area contributed by atoms with Crippen molar-refractivity contribution in [1.82, 2.24) is 0 Å². The molecule has 0 spiro atoms. The molecule has 132 valence electrons. The zero-order valence-corrected chi connectivity index (χ0v) is 16.6. The summed E-state index contributed by atoms with van der Waals surface area (Å²) in [6.45, 7) is 12.4. The number of aliphatic hydroxyl groups excluding tert-OH is 1. The molecule has 0 heterocycles. The normalized spacial score (nSPS) is 14.8. The highest BCUT2D eigenvalue weighted by molar-refractivity contribution is 6.72. The van der Waals surface area contributed by atoms with E-state index in [1.807, 2.05) is 18.2 Å². The first-order valence-corrected chi connectivity index (χ1v) is 10.4. The zero-order valence-electron chi connectivity index (χ0n) is 15.6. The molecule has 1 unspecified atom stereocenters. The van der Waals surface area contributed by atoms with Crippen LogP contribution in [0.3, 0.4) is 0 Å². The Bertz CT molecular complexity index is 446. The quantitative estimate of drug-likeness (QED) is 0.724. The molecule has 1 rings (SSSR count). The number of aliphatic hydroxyl groups is 1. The van der Waals surface area contributed by atoms with Crippen molar-refractivity contribution in [1.29, 1.82) is 0 Å². The van der Waals surface area contributed by atoms with E-state index < -0.39 is 8.56 Å². The predicted molar refractivity (Wildman–Crippen MR) is 98.7 cm³/mol. The number of hydrogen-bond acceptors (Lipinski definition) is 3. The number of benzene rings is 1. The van der Waals surface area contributed by atoms with Crippen LogP contribution in [0, 0.1) is 0 Å². The molecule has 1 aromatic rings. The van der Waals surface area contributed by atoms with Gasteiger partial charge in [-0.15, -0.1) is 0 Å². The lowest BCUT2D eigenvalue weighted by molar-refractivity contribution is 0.0839. The lowest BCUT2D eigenvalue weighted by Crippen LogP contribution is -2.57. The van der Waals surface area contributed by atoms with Gasteiger partial charge in [-0.25, -0.2) is 0 Å². The van der Waals surface area contributed by atoms with E-state index in [-0.39, 0.29) is 22.8 Å². The van der Waals surface area contributed by atoms with Gasteiger partial charge in [0.1, 0.15) is 0 Å². The lowest BCUT2D eigenvalue weighted by Gasteiger charge is -2.47. The molecule has 4 heteroatoms. The number of hydrogen-bond donors (Lipinski definition) is 2. The summed E-state index contributed by atoms with van der Waals surface area (Å²) < 4.78 is 6.36. The van der Waals surface area contributed by atoms with Crippen LogP contribution in [0.1, 0.15) is 59.9 Å². The molecule has 0 aromatic heterocycles. The first kappa shape index (κ1) is 20.4. The van der Waals surface area contributed by atoms with Gasteiger partial charge in [0.05, 0.1) is 0 Å². The molecule has 3 nitrogen and oxygen atoms in total. The third-order valence-electron chi connectivity index (χ3n) is 4.42. The van der Waals surface area contributed by atoms with Gasteiger partial charge in [0, 0.05) is 22.8 Å². The maximum atomic E-state index is 11.4. The Balaban J connectivity index is 2.87. The van der Waals surface area contributed by atoms with E-state index in [0.717, 1.165) is 12.8 Å². The molecule has 1 atom stereocenters. The van der Waals surface area contributed by atoms with E-state index in [2.05, 4.69) is 53.7 Å². The minimum Gasteiger partial charge on any atom is -0.410 e. The summed E-state index contributed by atoms with van der Waals surface area (Å²) >= 11 is 0. The molecule has 0 saturated heterocycles.